The largest absolute Gasteiger partial charge is 0.339 e. The molecule has 0 radical (unpaired) electrons. The van der Waals surface area contributed by atoms with Crippen LogP contribution >= 0.6 is 0 Å². The minimum Gasteiger partial charge on any atom is -0.339 e. The summed E-state index contributed by atoms with van der Waals surface area (Å²) in [5.74, 6) is 0.682. The van der Waals surface area contributed by atoms with Crippen molar-refractivity contribution in [1.29, 1.82) is 0 Å². The maximum absolute atomic E-state index is 12.9. The molecule has 1 N–H and O–H groups in total. The molecular formula is C17H28N2O. The summed E-state index contributed by atoms with van der Waals surface area (Å²) in [5, 5.41) is 3.69. The highest BCUT2D eigenvalue weighted by molar-refractivity contribution is 5.79. The van der Waals surface area contributed by atoms with Crippen LogP contribution in [0.2, 0.25) is 0 Å². The van der Waals surface area contributed by atoms with Gasteiger partial charge in [0.15, 0.2) is 0 Å². The van der Waals surface area contributed by atoms with Gasteiger partial charge < -0.3 is 10.2 Å². The molecule has 3 aliphatic rings. The summed E-state index contributed by atoms with van der Waals surface area (Å²) >= 11 is 0. The highest BCUT2D eigenvalue weighted by atomic mass is 16.2. The van der Waals surface area contributed by atoms with Gasteiger partial charge in [-0.25, -0.2) is 0 Å². The van der Waals surface area contributed by atoms with Crippen molar-refractivity contribution in [3.63, 3.8) is 0 Å². The van der Waals surface area contributed by atoms with E-state index in [-0.39, 0.29) is 5.92 Å². The zero-order valence-corrected chi connectivity index (χ0v) is 12.7. The van der Waals surface area contributed by atoms with E-state index in [4.69, 9.17) is 0 Å². The lowest BCUT2D eigenvalue weighted by Crippen LogP contribution is -2.52. The minimum atomic E-state index is 0.249. The van der Waals surface area contributed by atoms with E-state index in [0.717, 1.165) is 32.2 Å². The smallest absolute Gasteiger partial charge is 0.226 e. The van der Waals surface area contributed by atoms with Gasteiger partial charge in [0.2, 0.25) is 5.91 Å². The van der Waals surface area contributed by atoms with E-state index in [9.17, 15) is 4.79 Å². The normalized spacial score (nSPS) is 36.0. The fourth-order valence-electron chi connectivity index (χ4n) is 4.25. The number of piperidine rings is 1. The van der Waals surface area contributed by atoms with Gasteiger partial charge in [-0.05, 0) is 51.4 Å². The highest BCUT2D eigenvalue weighted by Gasteiger charge is 2.38. The number of nitrogens with one attached hydrogen (secondary N) is 1. The lowest BCUT2D eigenvalue weighted by Gasteiger charge is -2.39. The molecule has 20 heavy (non-hydrogen) atoms. The number of fused-ring (bicyclic) bond motifs is 2. The second kappa shape index (κ2) is 6.30. The maximum Gasteiger partial charge on any atom is 0.226 e. The molecule has 3 atom stereocenters. The van der Waals surface area contributed by atoms with E-state index in [1.807, 2.05) is 0 Å². The molecule has 2 heterocycles. The molecule has 3 unspecified atom stereocenters. The number of allylic oxidation sites excluding steroid dienone is 2. The number of rotatable bonds is 4. The molecule has 0 saturated carbocycles. The summed E-state index contributed by atoms with van der Waals surface area (Å²) in [6.45, 7) is 3.14. The van der Waals surface area contributed by atoms with Gasteiger partial charge in [0.1, 0.15) is 0 Å². The molecular weight excluding hydrogens is 248 g/mol. The second-order valence-corrected chi connectivity index (χ2v) is 6.78. The molecule has 2 bridgehead atoms. The topological polar surface area (TPSA) is 32.3 Å². The van der Waals surface area contributed by atoms with Crippen LogP contribution in [0.1, 0.15) is 58.3 Å². The van der Waals surface area contributed by atoms with Crippen LogP contribution in [0.4, 0.5) is 0 Å². The second-order valence-electron chi connectivity index (χ2n) is 6.78. The Morgan fingerprint density at radius 2 is 1.95 bits per heavy atom. The van der Waals surface area contributed by atoms with Gasteiger partial charge in [-0.15, -0.1) is 0 Å². The molecule has 3 heteroatoms. The Balaban J connectivity index is 1.68. The summed E-state index contributed by atoms with van der Waals surface area (Å²) in [6.07, 6.45) is 13.5. The molecule has 3 nitrogen and oxygen atoms in total. The van der Waals surface area contributed by atoms with E-state index < -0.39 is 0 Å². The number of hydrogen-bond donors (Lipinski definition) is 1. The quantitative estimate of drug-likeness (QED) is 0.801. The van der Waals surface area contributed by atoms with E-state index in [1.54, 1.807) is 0 Å². The first-order valence-corrected chi connectivity index (χ1v) is 8.49. The van der Waals surface area contributed by atoms with Crippen LogP contribution in [0.5, 0.6) is 0 Å². The van der Waals surface area contributed by atoms with Gasteiger partial charge in [-0.3, -0.25) is 4.79 Å². The lowest BCUT2D eigenvalue weighted by atomic mass is 9.90. The van der Waals surface area contributed by atoms with Crippen molar-refractivity contribution >= 4 is 5.91 Å². The summed E-state index contributed by atoms with van der Waals surface area (Å²) < 4.78 is 0. The molecule has 1 aliphatic carbocycles. The number of nitrogens with zero attached hydrogens (tertiary/aromatic N) is 1. The molecule has 0 aromatic heterocycles. The fraction of sp³-hybridized carbons (Fsp3) is 0.824. The predicted octanol–water partition coefficient (Wildman–Crippen LogP) is 2.86. The highest BCUT2D eigenvalue weighted by Crippen LogP contribution is 2.31. The Kier molecular flexibility index (Phi) is 4.45. The van der Waals surface area contributed by atoms with Crippen LogP contribution in [0.3, 0.4) is 0 Å². The summed E-state index contributed by atoms with van der Waals surface area (Å²) in [4.78, 5) is 15.1. The summed E-state index contributed by atoms with van der Waals surface area (Å²) in [6, 6.07) is 1.82. The lowest BCUT2D eigenvalue weighted by molar-refractivity contribution is -0.139. The zero-order chi connectivity index (χ0) is 13.9. The number of carbonyl (C=O) groups excluding carboxylic acids is 1. The van der Waals surface area contributed by atoms with E-state index in [0.29, 0.717) is 24.0 Å². The van der Waals surface area contributed by atoms with Crippen LogP contribution in [0.15, 0.2) is 12.2 Å². The van der Waals surface area contributed by atoms with Crippen molar-refractivity contribution in [2.75, 3.05) is 6.54 Å². The number of hydrogen-bond acceptors (Lipinski definition) is 2. The van der Waals surface area contributed by atoms with Gasteiger partial charge >= 0.3 is 0 Å². The van der Waals surface area contributed by atoms with Crippen LogP contribution in [-0.4, -0.2) is 35.5 Å². The predicted molar refractivity (Wildman–Crippen MR) is 81.5 cm³/mol. The van der Waals surface area contributed by atoms with Gasteiger partial charge in [-0.2, -0.15) is 0 Å². The van der Waals surface area contributed by atoms with Crippen molar-refractivity contribution in [3.05, 3.63) is 12.2 Å². The molecule has 3 rings (SSSR count). The minimum absolute atomic E-state index is 0.249. The van der Waals surface area contributed by atoms with Crippen molar-refractivity contribution in [1.82, 2.24) is 10.2 Å². The van der Waals surface area contributed by atoms with Crippen molar-refractivity contribution in [3.8, 4) is 0 Å². The number of amides is 1. The average Bonchev–Trinajstić information content (AvgIpc) is 2.83. The maximum atomic E-state index is 12.9. The molecule has 112 valence electrons. The third-order valence-electron chi connectivity index (χ3n) is 5.25. The molecule has 2 aliphatic heterocycles. The molecule has 2 fully saturated rings. The Labute approximate surface area is 122 Å². The standard InChI is InChI=1S/C17H28N2O/c1-2-10-19(17(20)13-6-4-3-5-7-13)16-11-14-8-9-15(12-16)18-14/h3-4,13-16,18H,2,5-12H2,1H3. The van der Waals surface area contributed by atoms with Gasteiger partial charge in [-0.1, -0.05) is 19.1 Å². The SMILES string of the molecule is CCCN(C(=O)C1CC=CCC1)C1CC2CCC(C1)N2. The fourth-order valence-corrected chi connectivity index (χ4v) is 4.25. The molecule has 1 amide bonds. The van der Waals surface area contributed by atoms with Gasteiger partial charge in [0.25, 0.3) is 0 Å². The van der Waals surface area contributed by atoms with Crippen LogP contribution in [-0.2, 0) is 4.79 Å². The van der Waals surface area contributed by atoms with E-state index >= 15 is 0 Å². The zero-order valence-electron chi connectivity index (χ0n) is 12.7. The van der Waals surface area contributed by atoms with Crippen LogP contribution in [0.25, 0.3) is 0 Å². The van der Waals surface area contributed by atoms with Crippen LogP contribution in [0, 0.1) is 5.92 Å². The Bertz CT molecular complexity index is 367. The molecule has 0 aromatic carbocycles. The molecule has 2 saturated heterocycles. The van der Waals surface area contributed by atoms with Crippen molar-refractivity contribution < 1.29 is 4.79 Å². The van der Waals surface area contributed by atoms with E-state index in [1.165, 1.54) is 25.7 Å². The first kappa shape index (κ1) is 14.1. The van der Waals surface area contributed by atoms with E-state index in [2.05, 4.69) is 29.3 Å². The summed E-state index contributed by atoms with van der Waals surface area (Å²) in [7, 11) is 0. The van der Waals surface area contributed by atoms with Crippen molar-refractivity contribution in [2.45, 2.75) is 76.4 Å². The van der Waals surface area contributed by atoms with Gasteiger partial charge in [0, 0.05) is 30.6 Å². The monoisotopic (exact) mass is 276 g/mol. The summed E-state index contributed by atoms with van der Waals surface area (Å²) in [5.41, 5.74) is 0. The Hall–Kier alpha value is -0.830. The first-order chi connectivity index (χ1) is 9.78. The Morgan fingerprint density at radius 1 is 1.20 bits per heavy atom. The molecule has 0 spiro atoms. The molecule has 0 aromatic rings. The third-order valence-corrected chi connectivity index (χ3v) is 5.25. The van der Waals surface area contributed by atoms with Crippen molar-refractivity contribution in [2.24, 2.45) is 5.92 Å². The number of carbonyl (C=O) groups is 1. The first-order valence-electron chi connectivity index (χ1n) is 8.49. The van der Waals surface area contributed by atoms with Crippen LogP contribution < -0.4 is 5.32 Å². The Morgan fingerprint density at radius 3 is 2.55 bits per heavy atom. The average molecular weight is 276 g/mol. The third kappa shape index (κ3) is 2.93. The van der Waals surface area contributed by atoms with Gasteiger partial charge in [0.05, 0.1) is 0 Å².